The van der Waals surface area contributed by atoms with E-state index in [4.69, 9.17) is 4.42 Å². The number of carbonyl (C=O) groups is 2. The molecule has 1 fully saturated rings. The molecule has 0 spiro atoms. The van der Waals surface area contributed by atoms with Crippen LogP contribution in [0.2, 0.25) is 0 Å². The van der Waals surface area contributed by atoms with Crippen molar-refractivity contribution in [1.82, 2.24) is 14.8 Å². The first-order valence-electron chi connectivity index (χ1n) is 10.3. The number of carbonyl (C=O) groups excluding carboxylic acids is 2. The van der Waals surface area contributed by atoms with E-state index in [9.17, 15) is 9.59 Å². The summed E-state index contributed by atoms with van der Waals surface area (Å²) in [4.78, 5) is 35.7. The zero-order valence-corrected chi connectivity index (χ0v) is 17.4. The highest BCUT2D eigenvalue weighted by molar-refractivity contribution is 5.94. The standard InChI is InChI=1S/C22H28N4O3/c1-15-5-4-11-25(13-15)22(28)20-23-18-14-26(12-10-19(18)29-20)21(27)16-6-8-17(9-7-16)24(2)3/h6-9,15H,4-5,10-14H2,1-3H3/t15-/m0/s1. The third kappa shape index (κ3) is 3.99. The summed E-state index contributed by atoms with van der Waals surface area (Å²) >= 11 is 0. The van der Waals surface area contributed by atoms with Crippen LogP contribution in [0.1, 0.15) is 52.3 Å². The Balaban J connectivity index is 1.46. The average Bonchev–Trinajstić information content (AvgIpc) is 3.16. The maximum atomic E-state index is 12.9. The zero-order valence-electron chi connectivity index (χ0n) is 17.4. The molecule has 1 aromatic carbocycles. The maximum absolute atomic E-state index is 12.9. The summed E-state index contributed by atoms with van der Waals surface area (Å²) in [6.45, 7) is 4.60. The Morgan fingerprint density at radius 3 is 2.55 bits per heavy atom. The van der Waals surface area contributed by atoms with Crippen LogP contribution in [0.4, 0.5) is 5.69 Å². The Morgan fingerprint density at radius 2 is 1.86 bits per heavy atom. The Morgan fingerprint density at radius 1 is 1.10 bits per heavy atom. The van der Waals surface area contributed by atoms with Crippen LogP contribution in [-0.4, -0.2) is 60.3 Å². The summed E-state index contributed by atoms with van der Waals surface area (Å²) in [5.74, 6) is 1.23. The number of hydrogen-bond donors (Lipinski definition) is 0. The fraction of sp³-hybridized carbons (Fsp3) is 0.500. The Bertz CT molecular complexity index is 903. The van der Waals surface area contributed by atoms with Crippen LogP contribution in [0.5, 0.6) is 0 Å². The minimum Gasteiger partial charge on any atom is -0.437 e. The molecule has 2 aliphatic heterocycles. The molecule has 2 aliphatic rings. The van der Waals surface area contributed by atoms with Crippen molar-refractivity contribution in [2.75, 3.05) is 38.6 Å². The number of benzene rings is 1. The third-order valence-corrected chi connectivity index (χ3v) is 5.77. The number of piperidine rings is 1. The summed E-state index contributed by atoms with van der Waals surface area (Å²) < 4.78 is 5.79. The summed E-state index contributed by atoms with van der Waals surface area (Å²) in [5, 5.41) is 0. The van der Waals surface area contributed by atoms with Crippen LogP contribution in [-0.2, 0) is 13.0 Å². The van der Waals surface area contributed by atoms with Gasteiger partial charge in [-0.15, -0.1) is 0 Å². The van der Waals surface area contributed by atoms with E-state index in [-0.39, 0.29) is 17.7 Å². The molecule has 0 N–H and O–H groups in total. The molecule has 2 aromatic rings. The maximum Gasteiger partial charge on any atom is 0.309 e. The minimum atomic E-state index is -0.136. The number of amides is 2. The van der Waals surface area contributed by atoms with Gasteiger partial charge in [-0.1, -0.05) is 6.92 Å². The summed E-state index contributed by atoms with van der Waals surface area (Å²) in [6.07, 6.45) is 2.74. The van der Waals surface area contributed by atoms with Crippen molar-refractivity contribution in [1.29, 1.82) is 0 Å². The molecule has 0 radical (unpaired) electrons. The Hall–Kier alpha value is -2.83. The lowest BCUT2D eigenvalue weighted by atomic mass is 10.0. The third-order valence-electron chi connectivity index (χ3n) is 5.77. The molecular formula is C22H28N4O3. The van der Waals surface area contributed by atoms with E-state index < -0.39 is 0 Å². The van der Waals surface area contributed by atoms with Crippen LogP contribution >= 0.6 is 0 Å². The first-order chi connectivity index (χ1) is 13.9. The van der Waals surface area contributed by atoms with Crippen LogP contribution < -0.4 is 4.90 Å². The lowest BCUT2D eigenvalue weighted by molar-refractivity contribution is 0.0638. The molecule has 2 amide bonds. The van der Waals surface area contributed by atoms with E-state index in [0.29, 0.717) is 36.7 Å². The first kappa shape index (κ1) is 19.5. The molecule has 0 aliphatic carbocycles. The van der Waals surface area contributed by atoms with Crippen LogP contribution in [0, 0.1) is 5.92 Å². The molecule has 7 heteroatoms. The second kappa shape index (κ2) is 7.89. The quantitative estimate of drug-likeness (QED) is 0.798. The van der Waals surface area contributed by atoms with Crippen molar-refractivity contribution in [2.24, 2.45) is 5.92 Å². The SMILES string of the molecule is C[C@H]1CCCN(C(=O)c2nc3c(o2)CCN(C(=O)c2ccc(N(C)C)cc2)C3)C1. The van der Waals surface area contributed by atoms with Gasteiger partial charge in [-0.3, -0.25) is 9.59 Å². The van der Waals surface area contributed by atoms with Crippen molar-refractivity contribution < 1.29 is 14.0 Å². The highest BCUT2D eigenvalue weighted by Crippen LogP contribution is 2.24. The number of rotatable bonds is 3. The second-order valence-corrected chi connectivity index (χ2v) is 8.31. The summed E-state index contributed by atoms with van der Waals surface area (Å²) in [6, 6.07) is 7.58. The molecule has 1 saturated heterocycles. The van der Waals surface area contributed by atoms with Gasteiger partial charge in [0, 0.05) is 51.4 Å². The molecule has 29 heavy (non-hydrogen) atoms. The number of hydrogen-bond acceptors (Lipinski definition) is 5. The van der Waals surface area contributed by atoms with Gasteiger partial charge in [0.15, 0.2) is 0 Å². The molecule has 4 rings (SSSR count). The number of likely N-dealkylation sites (tertiary alicyclic amines) is 1. The molecule has 0 bridgehead atoms. The normalized spacial score (nSPS) is 19.1. The van der Waals surface area contributed by atoms with E-state index in [1.54, 1.807) is 4.90 Å². The van der Waals surface area contributed by atoms with E-state index in [2.05, 4.69) is 11.9 Å². The van der Waals surface area contributed by atoms with E-state index in [1.165, 1.54) is 0 Å². The van der Waals surface area contributed by atoms with Gasteiger partial charge >= 0.3 is 5.91 Å². The number of fused-ring (bicyclic) bond motifs is 1. The summed E-state index contributed by atoms with van der Waals surface area (Å²) in [5.41, 5.74) is 2.40. The van der Waals surface area contributed by atoms with Gasteiger partial charge in [0.1, 0.15) is 11.5 Å². The zero-order chi connectivity index (χ0) is 20.5. The molecule has 7 nitrogen and oxygen atoms in total. The van der Waals surface area contributed by atoms with Crippen molar-refractivity contribution >= 4 is 17.5 Å². The Labute approximate surface area is 171 Å². The largest absolute Gasteiger partial charge is 0.437 e. The molecule has 3 heterocycles. The predicted molar refractivity (Wildman–Crippen MR) is 110 cm³/mol. The van der Waals surface area contributed by atoms with Gasteiger partial charge in [-0.2, -0.15) is 0 Å². The number of nitrogens with zero attached hydrogens (tertiary/aromatic N) is 4. The van der Waals surface area contributed by atoms with E-state index >= 15 is 0 Å². The van der Waals surface area contributed by atoms with Gasteiger partial charge in [0.2, 0.25) is 0 Å². The van der Waals surface area contributed by atoms with Crippen LogP contribution in [0.15, 0.2) is 28.7 Å². The van der Waals surface area contributed by atoms with Crippen molar-refractivity contribution in [2.45, 2.75) is 32.7 Å². The highest BCUT2D eigenvalue weighted by Gasteiger charge is 2.30. The Kier molecular flexibility index (Phi) is 5.30. The number of oxazole rings is 1. The van der Waals surface area contributed by atoms with Gasteiger partial charge in [0.05, 0.1) is 6.54 Å². The van der Waals surface area contributed by atoms with E-state index in [0.717, 1.165) is 37.4 Å². The van der Waals surface area contributed by atoms with Crippen molar-refractivity contribution in [3.8, 4) is 0 Å². The van der Waals surface area contributed by atoms with Crippen molar-refractivity contribution in [3.05, 3.63) is 47.2 Å². The lowest BCUT2D eigenvalue weighted by Crippen LogP contribution is -2.39. The summed E-state index contributed by atoms with van der Waals surface area (Å²) in [7, 11) is 3.94. The molecule has 0 unspecified atom stereocenters. The lowest BCUT2D eigenvalue weighted by Gasteiger charge is -2.29. The minimum absolute atomic E-state index is 0.0262. The van der Waals surface area contributed by atoms with Gasteiger partial charge in [-0.05, 0) is 43.0 Å². The van der Waals surface area contributed by atoms with Crippen LogP contribution in [0.25, 0.3) is 0 Å². The average molecular weight is 396 g/mol. The molecule has 0 saturated carbocycles. The van der Waals surface area contributed by atoms with Gasteiger partial charge in [-0.25, -0.2) is 4.98 Å². The molecule has 154 valence electrons. The van der Waals surface area contributed by atoms with Crippen LogP contribution in [0.3, 0.4) is 0 Å². The number of anilines is 1. The van der Waals surface area contributed by atoms with Gasteiger partial charge in [0.25, 0.3) is 11.8 Å². The highest BCUT2D eigenvalue weighted by atomic mass is 16.4. The molecule has 1 aromatic heterocycles. The first-order valence-corrected chi connectivity index (χ1v) is 10.3. The monoisotopic (exact) mass is 396 g/mol. The molecular weight excluding hydrogens is 368 g/mol. The fourth-order valence-electron chi connectivity index (χ4n) is 4.06. The molecule has 1 atom stereocenters. The topological polar surface area (TPSA) is 69.9 Å². The van der Waals surface area contributed by atoms with E-state index in [1.807, 2.05) is 48.2 Å². The number of aromatic nitrogens is 1. The smallest absolute Gasteiger partial charge is 0.309 e. The predicted octanol–water partition coefficient (Wildman–Crippen LogP) is 2.81. The second-order valence-electron chi connectivity index (χ2n) is 8.31. The van der Waals surface area contributed by atoms with Gasteiger partial charge < -0.3 is 19.1 Å². The van der Waals surface area contributed by atoms with Crippen molar-refractivity contribution in [3.63, 3.8) is 0 Å². The fourth-order valence-corrected chi connectivity index (χ4v) is 4.06.